The minimum absolute atomic E-state index is 0. The van der Waals surface area contributed by atoms with Crippen LogP contribution in [0.25, 0.3) is 0 Å². The maximum Gasteiger partial charge on any atom is -0.0149 e. The molecule has 0 N–H and O–H groups in total. The normalized spacial score (nSPS) is 52.0. The second kappa shape index (κ2) is 11.1. The third-order valence-electron chi connectivity index (χ3n) is 17.0. The quantitative estimate of drug-likeness (QED) is 0.295. The van der Waals surface area contributed by atoms with E-state index >= 15 is 0 Å². The van der Waals surface area contributed by atoms with Gasteiger partial charge in [-0.05, 0) is 196 Å². The molecular weight excluding hydrogens is 504 g/mol. The third kappa shape index (κ3) is 4.88. The molecule has 0 heterocycles. The zero-order valence-electron chi connectivity index (χ0n) is 27.5. The van der Waals surface area contributed by atoms with E-state index in [4.69, 9.17) is 0 Å². The van der Waals surface area contributed by atoms with Crippen LogP contribution < -0.4 is 0 Å². The minimum Gasteiger partial charge on any atom is -0.0996 e. The summed E-state index contributed by atoms with van der Waals surface area (Å²) in [4.78, 5) is 0. The van der Waals surface area contributed by atoms with Crippen LogP contribution in [-0.2, 0) is 0 Å². The van der Waals surface area contributed by atoms with Gasteiger partial charge in [0.2, 0.25) is 0 Å². The zero-order valence-corrected chi connectivity index (χ0v) is 27.5. The van der Waals surface area contributed by atoms with Crippen LogP contribution in [0.15, 0.2) is 24.3 Å². The van der Waals surface area contributed by atoms with Crippen molar-refractivity contribution < 1.29 is 0 Å². The highest BCUT2D eigenvalue weighted by atomic mass is 14.6. The van der Waals surface area contributed by atoms with E-state index in [0.29, 0.717) is 10.8 Å². The van der Waals surface area contributed by atoms with Gasteiger partial charge in [-0.25, -0.2) is 0 Å². The summed E-state index contributed by atoms with van der Waals surface area (Å²) in [7, 11) is 0. The topological polar surface area (TPSA) is 0 Å². The SMILES string of the molecule is C.C1=CC2CCC1C2.C=C1CCC2CC1C2(C)C.CC1(C)C2CCC(CC3C4CCC(C4)C3C3CC4CCC3C4)C1C2. The van der Waals surface area contributed by atoms with Crippen LogP contribution in [-0.4, -0.2) is 0 Å². The molecule has 42 heavy (non-hydrogen) atoms. The second-order valence-corrected chi connectivity index (χ2v) is 19.1. The van der Waals surface area contributed by atoms with Crippen LogP contribution >= 0.6 is 0 Å². The van der Waals surface area contributed by atoms with Crippen molar-refractivity contribution in [3.8, 4) is 0 Å². The van der Waals surface area contributed by atoms with Crippen LogP contribution in [0.5, 0.6) is 0 Å². The molecule has 0 amide bonds. The molecule has 0 saturated heterocycles. The highest BCUT2D eigenvalue weighted by Crippen LogP contribution is 2.67. The van der Waals surface area contributed by atoms with E-state index in [1.165, 1.54) is 55.9 Å². The van der Waals surface area contributed by atoms with E-state index in [1.54, 1.807) is 70.6 Å². The Morgan fingerprint density at radius 2 is 1.38 bits per heavy atom. The van der Waals surface area contributed by atoms with Crippen molar-refractivity contribution in [3.63, 3.8) is 0 Å². The molecule has 0 spiro atoms. The summed E-state index contributed by atoms with van der Waals surface area (Å²) in [5.41, 5.74) is 2.82. The molecule has 12 aliphatic carbocycles. The second-order valence-electron chi connectivity index (χ2n) is 19.1. The highest BCUT2D eigenvalue weighted by molar-refractivity contribution is 5.18. The molecule has 14 unspecified atom stereocenters. The van der Waals surface area contributed by atoms with Gasteiger partial charge in [0, 0.05) is 0 Å². The van der Waals surface area contributed by atoms with E-state index in [1.807, 2.05) is 0 Å². The molecule has 10 bridgehead atoms. The molecule has 0 heteroatoms. The molecule has 0 aromatic rings. The molecular formula is C42H68. The van der Waals surface area contributed by atoms with Crippen molar-refractivity contribution in [2.24, 2.45) is 93.7 Å². The Bertz CT molecular complexity index is 1010. The third-order valence-corrected chi connectivity index (χ3v) is 17.0. The van der Waals surface area contributed by atoms with E-state index in [0.717, 1.165) is 71.0 Å². The van der Waals surface area contributed by atoms with Crippen molar-refractivity contribution in [1.82, 2.24) is 0 Å². The maximum atomic E-state index is 4.13. The molecule has 236 valence electrons. The van der Waals surface area contributed by atoms with Crippen molar-refractivity contribution in [2.45, 2.75) is 144 Å². The van der Waals surface area contributed by atoms with E-state index in [-0.39, 0.29) is 7.43 Å². The number of hydrogen-bond donors (Lipinski definition) is 0. The summed E-state index contributed by atoms with van der Waals surface area (Å²) in [5, 5.41) is 0. The number of hydrogen-bond acceptors (Lipinski definition) is 0. The standard InChI is InChI=1S/C24H38.C10H16.C7H10.CH4/c1-24(2)19-8-7-17(22(24)13-19)12-21-16-5-6-18(11-16)23(21)20-10-14-3-4-15(20)9-14;1-7-4-5-8-6-9(7)10(8,2)3;1-2-7-4-3-6(1)5-7;/h14-23H,3-13H2,1-2H3;8-9H,1,4-6H2,2-3H3;1-2,6-7H,3-5H2;1H4. The molecule has 0 aromatic heterocycles. The Morgan fingerprint density at radius 1 is 0.667 bits per heavy atom. The van der Waals surface area contributed by atoms with Crippen LogP contribution in [0, 0.1) is 93.7 Å². The lowest BCUT2D eigenvalue weighted by molar-refractivity contribution is -0.115. The van der Waals surface area contributed by atoms with Gasteiger partial charge in [0.15, 0.2) is 0 Å². The summed E-state index contributed by atoms with van der Waals surface area (Å²) < 4.78 is 0. The first-order chi connectivity index (χ1) is 19.7. The van der Waals surface area contributed by atoms with Gasteiger partial charge in [0.25, 0.3) is 0 Å². The van der Waals surface area contributed by atoms with Crippen LogP contribution in [0.2, 0.25) is 0 Å². The lowest BCUT2D eigenvalue weighted by Gasteiger charge is -2.61. The van der Waals surface area contributed by atoms with Crippen LogP contribution in [0.1, 0.15) is 144 Å². The van der Waals surface area contributed by atoms with Crippen molar-refractivity contribution in [3.05, 3.63) is 24.3 Å². The number of fused-ring (bicyclic) bond motifs is 10. The Kier molecular flexibility index (Phi) is 7.95. The van der Waals surface area contributed by atoms with Gasteiger partial charge in [0.05, 0.1) is 0 Å². The summed E-state index contributed by atoms with van der Waals surface area (Å²) >= 11 is 0. The Balaban J connectivity index is 0.000000131. The molecule has 14 atom stereocenters. The van der Waals surface area contributed by atoms with E-state index in [9.17, 15) is 0 Å². The lowest BCUT2D eigenvalue weighted by atomic mass is 9.44. The number of rotatable bonds is 3. The summed E-state index contributed by atoms with van der Waals surface area (Å²) in [6.07, 6.45) is 31.1. The monoisotopic (exact) mass is 573 g/mol. The number of allylic oxidation sites excluding steroid dienone is 3. The first-order valence-electron chi connectivity index (χ1n) is 19.0. The zero-order chi connectivity index (χ0) is 28.1. The van der Waals surface area contributed by atoms with Crippen molar-refractivity contribution in [1.29, 1.82) is 0 Å². The van der Waals surface area contributed by atoms with Crippen LogP contribution in [0.4, 0.5) is 0 Å². The lowest BCUT2D eigenvalue weighted by Crippen LogP contribution is -2.53. The van der Waals surface area contributed by atoms with Crippen molar-refractivity contribution in [2.75, 3.05) is 0 Å². The Labute approximate surface area is 261 Å². The first kappa shape index (κ1) is 30.2. The largest absolute Gasteiger partial charge is 0.0996 e. The van der Waals surface area contributed by atoms with Gasteiger partial charge in [-0.1, -0.05) is 65.8 Å². The Hall–Kier alpha value is -0.520. The van der Waals surface area contributed by atoms with E-state index < -0.39 is 0 Å². The molecule has 0 aromatic carbocycles. The fourth-order valence-electron chi connectivity index (χ4n) is 14.3. The van der Waals surface area contributed by atoms with Gasteiger partial charge in [-0.2, -0.15) is 0 Å². The molecule has 0 nitrogen and oxygen atoms in total. The smallest absolute Gasteiger partial charge is 0.0149 e. The Morgan fingerprint density at radius 3 is 1.88 bits per heavy atom. The molecule has 12 rings (SSSR count). The van der Waals surface area contributed by atoms with Crippen LogP contribution in [0.3, 0.4) is 0 Å². The summed E-state index contributed by atoms with van der Waals surface area (Å²) in [6.45, 7) is 14.1. The molecule has 12 aliphatic rings. The van der Waals surface area contributed by atoms with E-state index in [2.05, 4.69) is 46.4 Å². The average molecular weight is 573 g/mol. The minimum atomic E-state index is 0. The fraction of sp³-hybridized carbons (Fsp3) is 0.905. The first-order valence-corrected chi connectivity index (χ1v) is 19.0. The highest BCUT2D eigenvalue weighted by Gasteiger charge is 2.58. The molecule has 0 aliphatic heterocycles. The fourth-order valence-corrected chi connectivity index (χ4v) is 14.3. The average Bonchev–Trinajstić information content (AvgIpc) is 3.82. The summed E-state index contributed by atoms with van der Waals surface area (Å²) in [6, 6.07) is 0. The van der Waals surface area contributed by atoms with Gasteiger partial charge in [-0.15, -0.1) is 0 Å². The van der Waals surface area contributed by atoms with Gasteiger partial charge in [-0.3, -0.25) is 0 Å². The van der Waals surface area contributed by atoms with Gasteiger partial charge in [0.1, 0.15) is 0 Å². The molecule has 0 radical (unpaired) electrons. The maximum absolute atomic E-state index is 4.13. The summed E-state index contributed by atoms with van der Waals surface area (Å²) in [5.74, 6) is 15.3. The van der Waals surface area contributed by atoms with Gasteiger partial charge < -0.3 is 0 Å². The van der Waals surface area contributed by atoms with Crippen molar-refractivity contribution >= 4 is 0 Å². The predicted octanol–water partition coefficient (Wildman–Crippen LogP) is 12.2. The van der Waals surface area contributed by atoms with Gasteiger partial charge >= 0.3 is 0 Å². The predicted molar refractivity (Wildman–Crippen MR) is 180 cm³/mol. The molecule has 11 fully saturated rings. The molecule has 11 saturated carbocycles.